The lowest BCUT2D eigenvalue weighted by molar-refractivity contribution is 0.629. The van der Waals surface area contributed by atoms with Crippen molar-refractivity contribution in [3.05, 3.63) is 59.8 Å². The lowest BCUT2D eigenvalue weighted by Crippen LogP contribution is -2.38. The number of hydrogen-bond acceptors (Lipinski definition) is 1. The van der Waals surface area contributed by atoms with Crippen LogP contribution in [0.4, 0.5) is 4.39 Å². The molecule has 0 aliphatic carbocycles. The maximum absolute atomic E-state index is 13.4. The Hall–Kier alpha value is -2.03. The molecule has 0 unspecified atom stereocenters. The van der Waals surface area contributed by atoms with E-state index in [9.17, 15) is 4.39 Å². The first kappa shape index (κ1) is 20.3. The predicted octanol–water partition coefficient (Wildman–Crippen LogP) is 3.56. The molecule has 0 fully saturated rings. The van der Waals surface area contributed by atoms with Gasteiger partial charge in [0.2, 0.25) is 0 Å². The number of aromatic amines is 1. The lowest BCUT2D eigenvalue weighted by atomic mass is 10.1. The average molecular weight is 469 g/mol. The van der Waals surface area contributed by atoms with Gasteiger partial charge >= 0.3 is 0 Å². The number of halogens is 2. The molecule has 0 amide bonds. The lowest BCUT2D eigenvalue weighted by Gasteiger charge is -2.11. The zero-order valence-corrected chi connectivity index (χ0v) is 17.4. The number of H-pyrrole nitrogens is 1. The molecule has 5 nitrogen and oxygen atoms in total. The van der Waals surface area contributed by atoms with Gasteiger partial charge in [0.1, 0.15) is 5.82 Å². The molecule has 3 aromatic rings. The zero-order chi connectivity index (χ0) is 17.6. The fourth-order valence-corrected chi connectivity index (χ4v) is 2.84. The van der Waals surface area contributed by atoms with Crippen molar-refractivity contribution in [2.45, 2.75) is 19.9 Å². The van der Waals surface area contributed by atoms with Crippen LogP contribution in [0.1, 0.15) is 18.1 Å². The van der Waals surface area contributed by atoms with Gasteiger partial charge in [-0.15, -0.1) is 24.0 Å². The normalized spacial score (nSPS) is 11.4. The topological polar surface area (TPSA) is 57.1 Å². The largest absolute Gasteiger partial charge is 0.361 e. The van der Waals surface area contributed by atoms with Gasteiger partial charge < -0.3 is 20.2 Å². The number of fused-ring (bicyclic) bond motifs is 1. The number of nitrogens with one attached hydrogen (secondary N) is 3. The molecule has 0 saturated heterocycles. The molecule has 3 N–H and O–H groups in total. The summed E-state index contributed by atoms with van der Waals surface area (Å²) in [6.45, 7) is 4.21. The van der Waals surface area contributed by atoms with Gasteiger partial charge in [-0.25, -0.2) is 9.38 Å². The van der Waals surface area contributed by atoms with Gasteiger partial charge in [0.15, 0.2) is 5.96 Å². The number of rotatable bonds is 6. The second-order valence-corrected chi connectivity index (χ2v) is 6.06. The highest BCUT2D eigenvalue weighted by Crippen LogP contribution is 2.19. The van der Waals surface area contributed by atoms with E-state index in [1.165, 1.54) is 11.6 Å². The number of aryl methyl sites for hydroxylation is 1. The van der Waals surface area contributed by atoms with Crippen molar-refractivity contribution in [1.82, 2.24) is 20.2 Å². The summed E-state index contributed by atoms with van der Waals surface area (Å²) in [7, 11) is 2.00. The highest BCUT2D eigenvalue weighted by Gasteiger charge is 2.05. The van der Waals surface area contributed by atoms with E-state index >= 15 is 0 Å². The van der Waals surface area contributed by atoms with Crippen LogP contribution in [0.25, 0.3) is 10.9 Å². The SMILES string of the molecule is CCNC(=NCc1ccn(C)c1)NCCc1c[nH]c2ccc(F)cc12.I. The number of guanidine groups is 1. The molecule has 2 heterocycles. The predicted molar refractivity (Wildman–Crippen MR) is 116 cm³/mol. The molecule has 0 atom stereocenters. The Morgan fingerprint density at radius 1 is 1.27 bits per heavy atom. The van der Waals surface area contributed by atoms with Crippen LogP contribution in [0.2, 0.25) is 0 Å². The third-order valence-electron chi connectivity index (χ3n) is 4.07. The smallest absolute Gasteiger partial charge is 0.191 e. The Morgan fingerprint density at radius 3 is 2.85 bits per heavy atom. The van der Waals surface area contributed by atoms with Gasteiger partial charge in [-0.1, -0.05) is 0 Å². The molecule has 1 aromatic carbocycles. The van der Waals surface area contributed by atoms with Gasteiger partial charge in [0, 0.05) is 49.6 Å². The second-order valence-electron chi connectivity index (χ2n) is 6.06. The molecule has 0 aliphatic heterocycles. The van der Waals surface area contributed by atoms with Crippen LogP contribution in [0.3, 0.4) is 0 Å². The fraction of sp³-hybridized carbons (Fsp3) is 0.316. The van der Waals surface area contributed by atoms with E-state index in [1.54, 1.807) is 12.1 Å². The Balaban J connectivity index is 0.00000243. The molecule has 3 rings (SSSR count). The number of nitrogens with zero attached hydrogens (tertiary/aromatic N) is 2. The van der Waals surface area contributed by atoms with Crippen molar-refractivity contribution >= 4 is 40.8 Å². The number of aliphatic imine (C=N–C) groups is 1. The summed E-state index contributed by atoms with van der Waals surface area (Å²) in [4.78, 5) is 7.79. The minimum absolute atomic E-state index is 0. The summed E-state index contributed by atoms with van der Waals surface area (Å²) in [6.07, 6.45) is 6.81. The minimum Gasteiger partial charge on any atom is -0.361 e. The number of aromatic nitrogens is 2. The maximum Gasteiger partial charge on any atom is 0.191 e. The van der Waals surface area contributed by atoms with Crippen molar-refractivity contribution in [1.29, 1.82) is 0 Å². The Labute approximate surface area is 170 Å². The van der Waals surface area contributed by atoms with Crippen LogP contribution in [-0.4, -0.2) is 28.6 Å². The van der Waals surface area contributed by atoms with E-state index in [4.69, 9.17) is 0 Å². The van der Waals surface area contributed by atoms with E-state index in [-0.39, 0.29) is 29.8 Å². The number of benzene rings is 1. The molecular weight excluding hydrogens is 444 g/mol. The third kappa shape index (κ3) is 5.23. The minimum atomic E-state index is -0.209. The summed E-state index contributed by atoms with van der Waals surface area (Å²) in [5.74, 6) is 0.580. The molecule has 7 heteroatoms. The molecule has 0 aliphatic rings. The summed E-state index contributed by atoms with van der Waals surface area (Å²) in [5, 5.41) is 7.53. The standard InChI is InChI=1S/C19H24FN5.HI/c1-3-21-19(24-11-14-7-9-25(2)13-14)22-8-6-15-12-23-18-5-4-16(20)10-17(15)18;/h4-5,7,9-10,12-13,23H,3,6,8,11H2,1-2H3,(H2,21,22,24);1H. The van der Waals surface area contributed by atoms with Crippen molar-refractivity contribution in [2.75, 3.05) is 13.1 Å². The summed E-state index contributed by atoms with van der Waals surface area (Å²) >= 11 is 0. The summed E-state index contributed by atoms with van der Waals surface area (Å²) in [5.41, 5.74) is 3.23. The number of hydrogen-bond donors (Lipinski definition) is 3. The van der Waals surface area contributed by atoms with Crippen molar-refractivity contribution in [3.8, 4) is 0 Å². The highest BCUT2D eigenvalue weighted by atomic mass is 127. The van der Waals surface area contributed by atoms with E-state index in [0.29, 0.717) is 6.54 Å². The van der Waals surface area contributed by atoms with Gasteiger partial charge in [0.05, 0.1) is 6.54 Å². The average Bonchev–Trinajstić information content (AvgIpc) is 3.19. The summed E-state index contributed by atoms with van der Waals surface area (Å²) < 4.78 is 15.5. The fourth-order valence-electron chi connectivity index (χ4n) is 2.84. The van der Waals surface area contributed by atoms with Crippen LogP contribution in [-0.2, 0) is 20.0 Å². The first-order valence-electron chi connectivity index (χ1n) is 8.54. The Morgan fingerprint density at radius 2 is 2.12 bits per heavy atom. The first-order chi connectivity index (χ1) is 12.2. The van der Waals surface area contributed by atoms with Gasteiger partial charge in [-0.3, -0.25) is 0 Å². The van der Waals surface area contributed by atoms with Crippen LogP contribution >= 0.6 is 24.0 Å². The molecule has 0 bridgehead atoms. The molecule has 2 aromatic heterocycles. The first-order valence-corrected chi connectivity index (χ1v) is 8.54. The van der Waals surface area contributed by atoms with Crippen LogP contribution < -0.4 is 10.6 Å². The molecule has 0 spiro atoms. The van der Waals surface area contributed by atoms with E-state index in [2.05, 4.69) is 32.9 Å². The van der Waals surface area contributed by atoms with Crippen LogP contribution in [0, 0.1) is 5.82 Å². The van der Waals surface area contributed by atoms with Gasteiger partial charge in [-0.2, -0.15) is 0 Å². The van der Waals surface area contributed by atoms with Crippen LogP contribution in [0.5, 0.6) is 0 Å². The maximum atomic E-state index is 13.4. The summed E-state index contributed by atoms with van der Waals surface area (Å²) in [6, 6.07) is 6.89. The molecule has 140 valence electrons. The molecule has 0 saturated carbocycles. The quantitative estimate of drug-likeness (QED) is 0.294. The molecule has 26 heavy (non-hydrogen) atoms. The van der Waals surface area contributed by atoms with E-state index < -0.39 is 0 Å². The van der Waals surface area contributed by atoms with Crippen molar-refractivity contribution in [2.24, 2.45) is 12.0 Å². The molecule has 0 radical (unpaired) electrons. The van der Waals surface area contributed by atoms with E-state index in [0.717, 1.165) is 41.9 Å². The third-order valence-corrected chi connectivity index (χ3v) is 4.07. The Kier molecular flexibility index (Phi) is 7.50. The highest BCUT2D eigenvalue weighted by molar-refractivity contribution is 14.0. The van der Waals surface area contributed by atoms with Gasteiger partial charge in [0.25, 0.3) is 0 Å². The zero-order valence-electron chi connectivity index (χ0n) is 15.1. The monoisotopic (exact) mass is 469 g/mol. The Bertz CT molecular complexity index is 868. The molecular formula is C19H25FIN5. The second kappa shape index (κ2) is 9.61. The van der Waals surface area contributed by atoms with Gasteiger partial charge in [-0.05, 0) is 48.7 Å². The van der Waals surface area contributed by atoms with Crippen LogP contribution in [0.15, 0.2) is 47.8 Å². The van der Waals surface area contributed by atoms with Crippen molar-refractivity contribution in [3.63, 3.8) is 0 Å². The van der Waals surface area contributed by atoms with Crippen molar-refractivity contribution < 1.29 is 4.39 Å². The van der Waals surface area contributed by atoms with E-state index in [1.807, 2.05) is 30.9 Å².